The number of hydrogen-bond donors (Lipinski definition) is 2. The van der Waals surface area contributed by atoms with Gasteiger partial charge in [-0.3, -0.25) is 19.7 Å². The molecule has 2 amide bonds. The zero-order valence-corrected chi connectivity index (χ0v) is 21.2. The van der Waals surface area contributed by atoms with Gasteiger partial charge >= 0.3 is 0 Å². The number of rotatable bonds is 11. The van der Waals surface area contributed by atoms with Crippen LogP contribution in [0.3, 0.4) is 0 Å². The predicted octanol–water partition coefficient (Wildman–Crippen LogP) is 2.79. The van der Waals surface area contributed by atoms with E-state index >= 15 is 0 Å². The largest absolute Gasteiger partial charge is 0.451 e. The second-order valence-electron chi connectivity index (χ2n) is 8.25. The number of nitrogens with zero attached hydrogens (tertiary/aromatic N) is 3. The molecule has 1 aliphatic heterocycles. The molecule has 0 saturated carbocycles. The summed E-state index contributed by atoms with van der Waals surface area (Å²) >= 11 is 5.80. The summed E-state index contributed by atoms with van der Waals surface area (Å²) < 4.78 is 49.0. The average Bonchev–Trinajstić information content (AvgIpc) is 3.39. The Morgan fingerprint density at radius 1 is 1.11 bits per heavy atom. The van der Waals surface area contributed by atoms with E-state index in [1.54, 1.807) is 16.8 Å². The van der Waals surface area contributed by atoms with Gasteiger partial charge in [0.15, 0.2) is 17.4 Å². The molecule has 2 N–H and O–H groups in total. The minimum Gasteiger partial charge on any atom is -0.451 e. The molecule has 9 nitrogen and oxygen atoms in total. The SMILES string of the molecule is CN(CCN(CC(=O)NO)S(=O)c1cc(F)c(Oc2ccc(Cl)cc2)c(F)c1)CC(=O)N1CCCC1. The molecule has 196 valence electrons. The van der Waals surface area contributed by atoms with E-state index in [0.29, 0.717) is 18.1 Å². The molecule has 0 spiro atoms. The topological polar surface area (TPSA) is 102 Å². The lowest BCUT2D eigenvalue weighted by Crippen LogP contribution is -2.43. The molecule has 0 aromatic heterocycles. The number of benzene rings is 2. The number of likely N-dealkylation sites (tertiary alicyclic amines) is 1. The normalized spacial score (nSPS) is 14.4. The molecule has 1 atom stereocenters. The maximum Gasteiger partial charge on any atom is 0.258 e. The Hall–Kier alpha value is -2.64. The Balaban J connectivity index is 1.70. The van der Waals surface area contributed by atoms with Crippen molar-refractivity contribution in [1.29, 1.82) is 0 Å². The number of halogens is 3. The lowest BCUT2D eigenvalue weighted by molar-refractivity contribution is -0.131. The maximum absolute atomic E-state index is 14.7. The van der Waals surface area contributed by atoms with Crippen molar-refractivity contribution in [3.05, 3.63) is 53.1 Å². The highest BCUT2D eigenvalue weighted by molar-refractivity contribution is 7.82. The molecule has 36 heavy (non-hydrogen) atoms. The predicted molar refractivity (Wildman–Crippen MR) is 129 cm³/mol. The maximum atomic E-state index is 14.7. The second-order valence-corrected chi connectivity index (χ2v) is 10.2. The van der Waals surface area contributed by atoms with Gasteiger partial charge in [-0.15, -0.1) is 0 Å². The Kier molecular flexibility index (Phi) is 10.1. The highest BCUT2D eigenvalue weighted by atomic mass is 35.5. The van der Waals surface area contributed by atoms with Crippen molar-refractivity contribution in [3.8, 4) is 11.5 Å². The van der Waals surface area contributed by atoms with Crippen molar-refractivity contribution in [1.82, 2.24) is 19.6 Å². The fourth-order valence-corrected chi connectivity index (χ4v) is 4.89. The van der Waals surface area contributed by atoms with Crippen molar-refractivity contribution < 1.29 is 32.5 Å². The number of ether oxygens (including phenoxy) is 1. The summed E-state index contributed by atoms with van der Waals surface area (Å²) in [4.78, 5) is 27.4. The van der Waals surface area contributed by atoms with Gasteiger partial charge in [0.1, 0.15) is 16.7 Å². The minimum atomic E-state index is -2.17. The molecular weight excluding hydrogens is 518 g/mol. The summed E-state index contributed by atoms with van der Waals surface area (Å²) in [5.74, 6) is -3.60. The highest BCUT2D eigenvalue weighted by Crippen LogP contribution is 2.30. The van der Waals surface area contributed by atoms with Crippen LogP contribution in [0.15, 0.2) is 41.3 Å². The van der Waals surface area contributed by atoms with Gasteiger partial charge in [-0.05, 0) is 56.3 Å². The molecule has 0 radical (unpaired) electrons. The van der Waals surface area contributed by atoms with E-state index in [1.165, 1.54) is 29.7 Å². The van der Waals surface area contributed by atoms with E-state index < -0.39 is 40.8 Å². The lowest BCUT2D eigenvalue weighted by Gasteiger charge is -2.25. The summed E-state index contributed by atoms with van der Waals surface area (Å²) in [5.41, 5.74) is 1.45. The third-order valence-corrected chi connectivity index (χ3v) is 7.15. The number of carbonyl (C=O) groups excluding carboxylic acids is 2. The van der Waals surface area contributed by atoms with E-state index in [1.807, 2.05) is 0 Å². The molecular formula is C23H27ClF2N4O5S. The van der Waals surface area contributed by atoms with E-state index in [-0.39, 0.29) is 36.2 Å². The van der Waals surface area contributed by atoms with Crippen LogP contribution >= 0.6 is 11.6 Å². The Labute approximate surface area is 215 Å². The molecule has 0 bridgehead atoms. The first kappa shape index (κ1) is 27.9. The summed E-state index contributed by atoms with van der Waals surface area (Å²) in [5, 5.41) is 9.33. The van der Waals surface area contributed by atoms with Gasteiger partial charge in [0, 0.05) is 31.2 Å². The van der Waals surface area contributed by atoms with Crippen LogP contribution in [0.4, 0.5) is 8.78 Å². The van der Waals surface area contributed by atoms with Crippen LogP contribution in [0.1, 0.15) is 12.8 Å². The van der Waals surface area contributed by atoms with Crippen molar-refractivity contribution in [2.24, 2.45) is 0 Å². The van der Waals surface area contributed by atoms with Crippen LogP contribution in [0, 0.1) is 11.6 Å². The van der Waals surface area contributed by atoms with Crippen LogP contribution in [-0.4, -0.2) is 81.7 Å². The lowest BCUT2D eigenvalue weighted by atomic mass is 10.3. The molecule has 1 fully saturated rings. The van der Waals surface area contributed by atoms with Gasteiger partial charge in [0.2, 0.25) is 5.91 Å². The highest BCUT2D eigenvalue weighted by Gasteiger charge is 2.24. The third kappa shape index (κ3) is 7.68. The molecule has 1 aliphatic rings. The zero-order valence-electron chi connectivity index (χ0n) is 19.6. The number of nitrogens with one attached hydrogen (secondary N) is 1. The van der Waals surface area contributed by atoms with E-state index in [2.05, 4.69) is 0 Å². The van der Waals surface area contributed by atoms with Crippen LogP contribution in [0.25, 0.3) is 0 Å². The third-order valence-electron chi connectivity index (χ3n) is 5.48. The Bertz CT molecular complexity index is 1080. The number of hydrogen-bond acceptors (Lipinski definition) is 6. The minimum absolute atomic E-state index is 0.01000. The molecule has 1 saturated heterocycles. The fourth-order valence-electron chi connectivity index (χ4n) is 3.58. The Morgan fingerprint density at radius 3 is 2.31 bits per heavy atom. The van der Waals surface area contributed by atoms with Crippen LogP contribution in [-0.2, 0) is 20.6 Å². The fraction of sp³-hybridized carbons (Fsp3) is 0.391. The van der Waals surface area contributed by atoms with Gasteiger partial charge in [-0.1, -0.05) is 11.6 Å². The molecule has 2 aromatic carbocycles. The van der Waals surface area contributed by atoms with Crippen molar-refractivity contribution >= 4 is 34.4 Å². The van der Waals surface area contributed by atoms with Crippen LogP contribution in [0.2, 0.25) is 5.02 Å². The van der Waals surface area contributed by atoms with Gasteiger partial charge in [0.05, 0.1) is 18.0 Å². The van der Waals surface area contributed by atoms with E-state index in [9.17, 15) is 22.6 Å². The quantitative estimate of drug-likeness (QED) is 0.333. The first-order valence-electron chi connectivity index (χ1n) is 11.2. The average molecular weight is 545 g/mol. The number of hydroxylamine groups is 1. The number of likely N-dealkylation sites (N-methyl/N-ethyl adjacent to an activating group) is 1. The standard InChI is InChI=1S/C23H27ClF2N4O5S/c1-28(15-22(32)29-8-2-3-9-29)10-11-30(14-21(31)27-33)36(34)18-12-19(25)23(20(26)13-18)35-17-6-4-16(24)5-7-17/h4-7,12-13,33H,2-3,8-11,14-15H2,1H3,(H,27,31). The van der Waals surface area contributed by atoms with Gasteiger partial charge in [-0.25, -0.2) is 22.8 Å². The van der Waals surface area contributed by atoms with E-state index in [0.717, 1.165) is 29.3 Å². The number of carbonyl (C=O) groups is 2. The molecule has 2 aromatic rings. The molecule has 1 unspecified atom stereocenters. The first-order chi connectivity index (χ1) is 17.2. The zero-order chi connectivity index (χ0) is 26.2. The van der Waals surface area contributed by atoms with Crippen molar-refractivity contribution in [2.45, 2.75) is 17.7 Å². The van der Waals surface area contributed by atoms with Gasteiger partial charge < -0.3 is 9.64 Å². The van der Waals surface area contributed by atoms with E-state index in [4.69, 9.17) is 21.5 Å². The first-order valence-corrected chi connectivity index (χ1v) is 12.6. The molecule has 0 aliphatic carbocycles. The van der Waals surface area contributed by atoms with Crippen LogP contribution < -0.4 is 10.2 Å². The smallest absolute Gasteiger partial charge is 0.258 e. The summed E-state index contributed by atoms with van der Waals surface area (Å²) in [6, 6.07) is 7.58. The number of amides is 2. The molecule has 3 rings (SSSR count). The van der Waals surface area contributed by atoms with Crippen molar-refractivity contribution in [2.75, 3.05) is 46.3 Å². The Morgan fingerprint density at radius 2 is 1.72 bits per heavy atom. The second kappa shape index (κ2) is 13.1. The molecule has 1 heterocycles. The summed E-state index contributed by atoms with van der Waals surface area (Å²) in [7, 11) is -0.469. The van der Waals surface area contributed by atoms with Gasteiger partial charge in [-0.2, -0.15) is 0 Å². The summed E-state index contributed by atoms with van der Waals surface area (Å²) in [6.07, 6.45) is 1.93. The van der Waals surface area contributed by atoms with Gasteiger partial charge in [0.25, 0.3) is 5.91 Å². The summed E-state index contributed by atoms with van der Waals surface area (Å²) in [6.45, 7) is 1.29. The monoisotopic (exact) mass is 544 g/mol. The molecule has 13 heteroatoms. The van der Waals surface area contributed by atoms with Crippen molar-refractivity contribution in [3.63, 3.8) is 0 Å². The van der Waals surface area contributed by atoms with Crippen LogP contribution in [0.5, 0.6) is 11.5 Å².